The predicted molar refractivity (Wildman–Crippen MR) is 78.3 cm³/mol. The minimum absolute atomic E-state index is 0.172. The van der Waals surface area contributed by atoms with Crippen LogP contribution >= 0.6 is 0 Å². The molecular weight excluding hydrogens is 252 g/mol. The molecule has 1 atom stereocenters. The van der Waals surface area contributed by atoms with Crippen molar-refractivity contribution in [1.29, 1.82) is 0 Å². The molecular formula is C16H22N2O2. The van der Waals surface area contributed by atoms with Gasteiger partial charge in [0.05, 0.1) is 5.69 Å². The molecule has 0 aliphatic heterocycles. The molecule has 0 aliphatic carbocycles. The first-order chi connectivity index (χ1) is 9.63. The van der Waals surface area contributed by atoms with Crippen LogP contribution in [-0.2, 0) is 6.54 Å². The molecule has 2 aromatic rings. The molecule has 0 radical (unpaired) electrons. The summed E-state index contributed by atoms with van der Waals surface area (Å²) < 4.78 is 5.22. The summed E-state index contributed by atoms with van der Waals surface area (Å²) in [5.74, 6) is 0.866. The van der Waals surface area contributed by atoms with E-state index in [2.05, 4.69) is 29.2 Å². The van der Waals surface area contributed by atoms with E-state index in [0.717, 1.165) is 23.6 Å². The van der Waals surface area contributed by atoms with Gasteiger partial charge in [-0.05, 0) is 32.9 Å². The zero-order valence-corrected chi connectivity index (χ0v) is 12.3. The summed E-state index contributed by atoms with van der Waals surface area (Å²) in [6.07, 6.45) is 0.712. The largest absolute Gasteiger partial charge is 0.396 e. The first kappa shape index (κ1) is 14.8. The van der Waals surface area contributed by atoms with E-state index in [4.69, 9.17) is 4.52 Å². The molecule has 108 valence electrons. The molecule has 0 fully saturated rings. The highest BCUT2D eigenvalue weighted by atomic mass is 16.5. The number of hydrogen-bond donors (Lipinski definition) is 1. The van der Waals surface area contributed by atoms with Crippen LogP contribution in [0.25, 0.3) is 0 Å². The van der Waals surface area contributed by atoms with Gasteiger partial charge in [0.2, 0.25) is 0 Å². The average Bonchev–Trinajstić information content (AvgIpc) is 2.77. The summed E-state index contributed by atoms with van der Waals surface area (Å²) in [4.78, 5) is 2.23. The maximum Gasteiger partial charge on any atom is 0.138 e. The molecule has 1 unspecified atom stereocenters. The molecule has 1 aromatic heterocycles. The number of aliphatic hydroxyl groups excluding tert-OH is 1. The Morgan fingerprint density at radius 3 is 2.50 bits per heavy atom. The first-order valence-electron chi connectivity index (χ1n) is 6.91. The fraction of sp³-hybridized carbons (Fsp3) is 0.438. The molecule has 2 rings (SSSR count). The van der Waals surface area contributed by atoms with Crippen LogP contribution < -0.4 is 0 Å². The van der Waals surface area contributed by atoms with E-state index in [9.17, 15) is 5.11 Å². The van der Waals surface area contributed by atoms with Crippen molar-refractivity contribution in [3.63, 3.8) is 0 Å². The molecule has 4 heteroatoms. The van der Waals surface area contributed by atoms with Crippen molar-refractivity contribution < 1.29 is 9.63 Å². The Hall–Kier alpha value is -1.65. The first-order valence-corrected chi connectivity index (χ1v) is 6.91. The van der Waals surface area contributed by atoms with Crippen molar-refractivity contribution in [2.24, 2.45) is 0 Å². The van der Waals surface area contributed by atoms with Gasteiger partial charge >= 0.3 is 0 Å². The summed E-state index contributed by atoms with van der Waals surface area (Å²) in [6.45, 7) is 4.84. The Balaban J connectivity index is 2.18. The van der Waals surface area contributed by atoms with Crippen LogP contribution in [0.5, 0.6) is 0 Å². The van der Waals surface area contributed by atoms with Gasteiger partial charge in [-0.25, -0.2) is 0 Å². The van der Waals surface area contributed by atoms with Crippen molar-refractivity contribution in [3.05, 3.63) is 52.9 Å². The third-order valence-corrected chi connectivity index (χ3v) is 3.71. The Labute approximate surface area is 120 Å². The van der Waals surface area contributed by atoms with Crippen LogP contribution in [-0.4, -0.2) is 28.8 Å². The van der Waals surface area contributed by atoms with Crippen molar-refractivity contribution >= 4 is 0 Å². The molecule has 0 saturated heterocycles. The van der Waals surface area contributed by atoms with Gasteiger partial charge in [0.15, 0.2) is 0 Å². The molecule has 0 saturated carbocycles. The summed E-state index contributed by atoms with van der Waals surface area (Å²) in [5.41, 5.74) is 3.28. The molecule has 20 heavy (non-hydrogen) atoms. The van der Waals surface area contributed by atoms with Crippen molar-refractivity contribution in [1.82, 2.24) is 10.1 Å². The predicted octanol–water partition coefficient (Wildman–Crippen LogP) is 2.85. The normalized spacial score (nSPS) is 12.8. The minimum atomic E-state index is 0.172. The second kappa shape index (κ2) is 6.68. The van der Waals surface area contributed by atoms with Crippen LogP contribution in [0, 0.1) is 13.8 Å². The van der Waals surface area contributed by atoms with Gasteiger partial charge in [0.1, 0.15) is 5.76 Å². The Morgan fingerprint density at radius 1 is 1.25 bits per heavy atom. The lowest BCUT2D eigenvalue weighted by molar-refractivity contribution is 0.179. The standard InChI is InChI=1S/C16H22N2O2/c1-12-15(13(2)20-17-12)11-18(3)16(9-10-19)14-7-5-4-6-8-14/h4-8,16,19H,9-11H2,1-3H3. The Morgan fingerprint density at radius 2 is 1.95 bits per heavy atom. The Bertz CT molecular complexity index is 517. The van der Waals surface area contributed by atoms with Crippen molar-refractivity contribution in [2.75, 3.05) is 13.7 Å². The van der Waals surface area contributed by atoms with E-state index in [1.165, 1.54) is 5.56 Å². The van der Waals surface area contributed by atoms with E-state index < -0.39 is 0 Å². The van der Waals surface area contributed by atoms with E-state index in [-0.39, 0.29) is 12.6 Å². The number of nitrogens with zero attached hydrogens (tertiary/aromatic N) is 2. The molecule has 1 aromatic carbocycles. The number of aromatic nitrogens is 1. The number of hydrogen-bond acceptors (Lipinski definition) is 4. The molecule has 4 nitrogen and oxygen atoms in total. The van der Waals surface area contributed by atoms with Gasteiger partial charge in [-0.1, -0.05) is 35.5 Å². The molecule has 1 heterocycles. The van der Waals surface area contributed by atoms with Crippen LogP contribution in [0.15, 0.2) is 34.9 Å². The van der Waals surface area contributed by atoms with Gasteiger partial charge < -0.3 is 9.63 Å². The molecule has 0 amide bonds. The average molecular weight is 274 g/mol. The van der Waals surface area contributed by atoms with E-state index >= 15 is 0 Å². The fourth-order valence-electron chi connectivity index (χ4n) is 2.53. The van der Waals surface area contributed by atoms with Crippen LogP contribution in [0.2, 0.25) is 0 Å². The summed E-state index contributed by atoms with van der Waals surface area (Å²) in [7, 11) is 2.07. The molecule has 0 spiro atoms. The third-order valence-electron chi connectivity index (χ3n) is 3.71. The molecule has 1 N–H and O–H groups in total. The number of benzene rings is 1. The van der Waals surface area contributed by atoms with Gasteiger partial charge in [-0.2, -0.15) is 0 Å². The monoisotopic (exact) mass is 274 g/mol. The summed E-state index contributed by atoms with van der Waals surface area (Å²) in [6, 6.07) is 10.5. The molecule has 0 bridgehead atoms. The van der Waals surface area contributed by atoms with E-state index in [1.54, 1.807) is 0 Å². The van der Waals surface area contributed by atoms with Gasteiger partial charge in [-0.15, -0.1) is 0 Å². The highest BCUT2D eigenvalue weighted by Crippen LogP contribution is 2.25. The number of rotatable bonds is 6. The van der Waals surface area contributed by atoms with Gasteiger partial charge in [-0.3, -0.25) is 4.90 Å². The molecule has 0 aliphatic rings. The minimum Gasteiger partial charge on any atom is -0.396 e. The summed E-state index contributed by atoms with van der Waals surface area (Å²) >= 11 is 0. The third kappa shape index (κ3) is 3.26. The maximum absolute atomic E-state index is 9.32. The smallest absolute Gasteiger partial charge is 0.138 e. The van der Waals surface area contributed by atoms with E-state index in [0.29, 0.717) is 6.42 Å². The van der Waals surface area contributed by atoms with Crippen LogP contribution in [0.4, 0.5) is 0 Å². The highest BCUT2D eigenvalue weighted by molar-refractivity contribution is 5.23. The topological polar surface area (TPSA) is 49.5 Å². The fourth-order valence-corrected chi connectivity index (χ4v) is 2.53. The number of aryl methyl sites for hydroxylation is 2. The van der Waals surface area contributed by atoms with Crippen molar-refractivity contribution in [2.45, 2.75) is 32.9 Å². The van der Waals surface area contributed by atoms with E-state index in [1.807, 2.05) is 32.0 Å². The lowest BCUT2D eigenvalue weighted by Gasteiger charge is -2.28. The lowest BCUT2D eigenvalue weighted by atomic mass is 10.0. The quantitative estimate of drug-likeness (QED) is 0.880. The van der Waals surface area contributed by atoms with Gasteiger partial charge in [0, 0.05) is 24.8 Å². The zero-order valence-electron chi connectivity index (χ0n) is 12.3. The SMILES string of the molecule is Cc1noc(C)c1CN(C)C(CCO)c1ccccc1. The lowest BCUT2D eigenvalue weighted by Crippen LogP contribution is -2.25. The zero-order chi connectivity index (χ0) is 14.5. The second-order valence-electron chi connectivity index (χ2n) is 5.16. The number of aliphatic hydroxyl groups is 1. The van der Waals surface area contributed by atoms with Crippen LogP contribution in [0.1, 0.15) is 35.0 Å². The highest BCUT2D eigenvalue weighted by Gasteiger charge is 2.19. The second-order valence-corrected chi connectivity index (χ2v) is 5.16. The van der Waals surface area contributed by atoms with Crippen molar-refractivity contribution in [3.8, 4) is 0 Å². The summed E-state index contributed by atoms with van der Waals surface area (Å²) in [5, 5.41) is 13.3. The maximum atomic E-state index is 9.32. The van der Waals surface area contributed by atoms with Crippen LogP contribution in [0.3, 0.4) is 0 Å². The van der Waals surface area contributed by atoms with Gasteiger partial charge in [0.25, 0.3) is 0 Å². The Kier molecular flexibility index (Phi) is 4.93.